The summed E-state index contributed by atoms with van der Waals surface area (Å²) in [4.78, 5) is 10.1. The van der Waals surface area contributed by atoms with Crippen LogP contribution in [0.25, 0.3) is 0 Å². The van der Waals surface area contributed by atoms with Crippen molar-refractivity contribution in [3.05, 3.63) is 32.8 Å². The lowest BCUT2D eigenvalue weighted by atomic mass is 10.1. The largest absolute Gasteiger partial charge is 0.497 e. The minimum absolute atomic E-state index is 0.0369. The third kappa shape index (κ3) is 1.94. The first-order valence-corrected chi connectivity index (χ1v) is 4.18. The van der Waals surface area contributed by atoms with E-state index in [9.17, 15) is 10.1 Å². The van der Waals surface area contributed by atoms with E-state index in [0.717, 1.165) is 0 Å². The van der Waals surface area contributed by atoms with E-state index in [-0.39, 0.29) is 17.3 Å². The molecule has 0 aliphatic heterocycles. The molecule has 14 heavy (non-hydrogen) atoms. The Morgan fingerprint density at radius 1 is 1.64 bits per heavy atom. The molecule has 0 saturated heterocycles. The molecule has 0 aromatic heterocycles. The number of ether oxygens (including phenoxy) is 1. The highest BCUT2D eigenvalue weighted by molar-refractivity contribution is 6.33. The summed E-state index contributed by atoms with van der Waals surface area (Å²) >= 11 is 5.71. The molecule has 0 unspecified atom stereocenters. The van der Waals surface area contributed by atoms with Crippen LogP contribution in [-0.4, -0.2) is 12.0 Å². The van der Waals surface area contributed by atoms with Crippen LogP contribution >= 0.6 is 11.6 Å². The summed E-state index contributed by atoms with van der Waals surface area (Å²) in [6.45, 7) is 0.0488. The van der Waals surface area contributed by atoms with Crippen molar-refractivity contribution in [3.8, 4) is 5.75 Å². The Bertz CT molecular complexity index is 368. The average Bonchev–Trinajstić information content (AvgIpc) is 2.15. The van der Waals surface area contributed by atoms with Crippen molar-refractivity contribution < 1.29 is 9.66 Å². The number of rotatable bonds is 3. The molecule has 0 heterocycles. The number of methoxy groups -OCH3 is 1. The van der Waals surface area contributed by atoms with Gasteiger partial charge in [-0.05, 0) is 6.07 Å². The molecule has 0 fully saturated rings. The first-order valence-electron chi connectivity index (χ1n) is 3.81. The highest BCUT2D eigenvalue weighted by atomic mass is 35.5. The van der Waals surface area contributed by atoms with Gasteiger partial charge < -0.3 is 10.5 Å². The van der Waals surface area contributed by atoms with Gasteiger partial charge in [0.2, 0.25) is 0 Å². The summed E-state index contributed by atoms with van der Waals surface area (Å²) in [6, 6.07) is 2.89. The molecule has 76 valence electrons. The highest BCUT2D eigenvalue weighted by Gasteiger charge is 2.19. The molecule has 0 bridgehead atoms. The number of nitrogens with zero attached hydrogens (tertiary/aromatic N) is 1. The second-order valence-electron chi connectivity index (χ2n) is 2.58. The molecule has 0 saturated carbocycles. The van der Waals surface area contributed by atoms with Crippen molar-refractivity contribution in [1.82, 2.24) is 0 Å². The van der Waals surface area contributed by atoms with Gasteiger partial charge >= 0.3 is 0 Å². The Kier molecular flexibility index (Phi) is 3.27. The van der Waals surface area contributed by atoms with E-state index in [0.29, 0.717) is 11.3 Å². The van der Waals surface area contributed by atoms with E-state index in [1.807, 2.05) is 0 Å². The molecule has 0 radical (unpaired) electrons. The summed E-state index contributed by atoms with van der Waals surface area (Å²) in [5, 5.41) is 10.7. The number of nitro benzene ring substituents is 1. The molecular formula is C8H9ClN2O3. The van der Waals surface area contributed by atoms with Gasteiger partial charge in [0.1, 0.15) is 10.8 Å². The van der Waals surface area contributed by atoms with Crippen LogP contribution in [0.5, 0.6) is 5.75 Å². The van der Waals surface area contributed by atoms with Gasteiger partial charge in [-0.15, -0.1) is 0 Å². The van der Waals surface area contributed by atoms with Crippen molar-refractivity contribution in [3.63, 3.8) is 0 Å². The van der Waals surface area contributed by atoms with E-state index in [4.69, 9.17) is 22.1 Å². The van der Waals surface area contributed by atoms with E-state index in [1.54, 1.807) is 0 Å². The predicted octanol–water partition coefficient (Wildman–Crippen LogP) is 1.72. The fraction of sp³-hybridized carbons (Fsp3) is 0.250. The topological polar surface area (TPSA) is 78.4 Å². The molecule has 0 aliphatic carbocycles. The molecule has 0 atom stereocenters. The summed E-state index contributed by atoms with van der Waals surface area (Å²) in [6.07, 6.45) is 0. The van der Waals surface area contributed by atoms with E-state index in [1.165, 1.54) is 19.2 Å². The zero-order valence-corrected chi connectivity index (χ0v) is 8.25. The van der Waals surface area contributed by atoms with Crippen LogP contribution in [0.1, 0.15) is 5.56 Å². The third-order valence-electron chi connectivity index (χ3n) is 1.75. The van der Waals surface area contributed by atoms with Crippen LogP contribution in [-0.2, 0) is 6.54 Å². The normalized spacial score (nSPS) is 9.93. The van der Waals surface area contributed by atoms with Crippen molar-refractivity contribution >= 4 is 17.3 Å². The van der Waals surface area contributed by atoms with Crippen LogP contribution in [0.3, 0.4) is 0 Å². The number of hydrogen-bond donors (Lipinski definition) is 1. The Hall–Kier alpha value is -1.33. The number of benzene rings is 1. The molecular weight excluding hydrogens is 208 g/mol. The predicted molar refractivity (Wildman–Crippen MR) is 52.5 cm³/mol. The second-order valence-corrected chi connectivity index (χ2v) is 2.99. The van der Waals surface area contributed by atoms with Crippen LogP contribution in [0.4, 0.5) is 5.69 Å². The van der Waals surface area contributed by atoms with Gasteiger partial charge in [-0.3, -0.25) is 10.1 Å². The molecule has 6 heteroatoms. The highest BCUT2D eigenvalue weighted by Crippen LogP contribution is 2.32. The van der Waals surface area contributed by atoms with Crippen LogP contribution in [0, 0.1) is 10.1 Å². The number of hydrogen-bond acceptors (Lipinski definition) is 4. The van der Waals surface area contributed by atoms with Crippen molar-refractivity contribution in [2.75, 3.05) is 7.11 Å². The van der Waals surface area contributed by atoms with Crippen molar-refractivity contribution in [1.29, 1.82) is 0 Å². The Morgan fingerprint density at radius 2 is 2.29 bits per heavy atom. The minimum atomic E-state index is -0.552. The van der Waals surface area contributed by atoms with Crippen molar-refractivity contribution in [2.45, 2.75) is 6.54 Å². The molecule has 5 nitrogen and oxygen atoms in total. The van der Waals surface area contributed by atoms with Gasteiger partial charge in [-0.2, -0.15) is 0 Å². The molecule has 0 aliphatic rings. The van der Waals surface area contributed by atoms with Crippen LogP contribution < -0.4 is 10.5 Å². The molecule has 1 rings (SSSR count). The van der Waals surface area contributed by atoms with Gasteiger partial charge in [0.15, 0.2) is 0 Å². The van der Waals surface area contributed by atoms with E-state index in [2.05, 4.69) is 0 Å². The lowest BCUT2D eigenvalue weighted by Crippen LogP contribution is -2.03. The third-order valence-corrected chi connectivity index (χ3v) is 2.04. The Labute approximate surface area is 85.6 Å². The number of halogens is 1. The lowest BCUT2D eigenvalue weighted by Gasteiger charge is -2.05. The molecule has 1 aromatic carbocycles. The SMILES string of the molecule is COc1cc(Cl)c([N+](=O)[O-])c(CN)c1. The van der Waals surface area contributed by atoms with E-state index >= 15 is 0 Å². The number of nitro groups is 1. The van der Waals surface area contributed by atoms with Gasteiger partial charge in [-0.1, -0.05) is 11.6 Å². The quantitative estimate of drug-likeness (QED) is 0.616. The fourth-order valence-electron chi connectivity index (χ4n) is 1.11. The van der Waals surface area contributed by atoms with Gasteiger partial charge in [0, 0.05) is 18.2 Å². The maximum atomic E-state index is 10.6. The van der Waals surface area contributed by atoms with Crippen LogP contribution in [0.15, 0.2) is 12.1 Å². The first-order chi connectivity index (χ1) is 6.60. The summed E-state index contributed by atoms with van der Waals surface area (Å²) < 4.78 is 4.91. The van der Waals surface area contributed by atoms with Crippen LogP contribution in [0.2, 0.25) is 5.02 Å². The van der Waals surface area contributed by atoms with Gasteiger partial charge in [-0.25, -0.2) is 0 Å². The zero-order chi connectivity index (χ0) is 10.7. The molecule has 2 N–H and O–H groups in total. The van der Waals surface area contributed by atoms with Crippen molar-refractivity contribution in [2.24, 2.45) is 5.73 Å². The maximum absolute atomic E-state index is 10.6. The zero-order valence-electron chi connectivity index (χ0n) is 7.49. The van der Waals surface area contributed by atoms with E-state index < -0.39 is 4.92 Å². The maximum Gasteiger partial charge on any atom is 0.292 e. The summed E-state index contributed by atoms with van der Waals surface area (Å²) in [5.74, 6) is 0.459. The van der Waals surface area contributed by atoms with Gasteiger partial charge in [0.25, 0.3) is 5.69 Å². The smallest absolute Gasteiger partial charge is 0.292 e. The lowest BCUT2D eigenvalue weighted by molar-refractivity contribution is -0.385. The fourth-order valence-corrected chi connectivity index (χ4v) is 1.40. The average molecular weight is 217 g/mol. The second kappa shape index (κ2) is 4.26. The summed E-state index contributed by atoms with van der Waals surface area (Å²) in [7, 11) is 1.46. The Morgan fingerprint density at radius 3 is 2.71 bits per heavy atom. The summed E-state index contributed by atoms with van der Waals surface area (Å²) in [5.41, 5.74) is 5.57. The monoisotopic (exact) mass is 216 g/mol. The Balaban J connectivity index is 3.34. The minimum Gasteiger partial charge on any atom is -0.497 e. The molecule has 0 amide bonds. The molecule has 0 spiro atoms. The molecule has 1 aromatic rings. The number of nitrogens with two attached hydrogens (primary N) is 1. The van der Waals surface area contributed by atoms with Gasteiger partial charge in [0.05, 0.1) is 12.0 Å². The first kappa shape index (κ1) is 10.7. The standard InChI is InChI=1S/C8H9ClN2O3/c1-14-6-2-5(4-10)8(11(12)13)7(9)3-6/h2-3H,4,10H2,1H3.